The molecule has 0 rings (SSSR count). The molecule has 0 aromatic heterocycles. The van der Waals surface area contributed by atoms with Gasteiger partial charge in [-0.15, -0.1) is 0 Å². The number of hydrogen-bond donors (Lipinski definition) is 0. The Balaban J connectivity index is 3.92. The maximum atomic E-state index is 12.1. The molecule has 0 heterocycles. The number of hydrogen-bond acceptors (Lipinski definition) is 7. The lowest BCUT2D eigenvalue weighted by molar-refractivity contribution is 0.0245. The molecule has 0 spiro atoms. The lowest BCUT2D eigenvalue weighted by Gasteiger charge is -2.26. The van der Waals surface area contributed by atoms with E-state index in [2.05, 4.69) is 0 Å². The summed E-state index contributed by atoms with van der Waals surface area (Å²) in [7, 11) is 0. The van der Waals surface area contributed by atoms with E-state index in [1.807, 2.05) is 55.4 Å². The van der Waals surface area contributed by atoms with Crippen LogP contribution in [0.25, 0.3) is 0 Å². The van der Waals surface area contributed by atoms with E-state index in [-0.39, 0.29) is 25.4 Å². The second kappa shape index (κ2) is 14.8. The largest absolute Gasteiger partial charge is 0.508 e. The highest BCUT2D eigenvalue weighted by molar-refractivity contribution is 5.68. The van der Waals surface area contributed by atoms with E-state index >= 15 is 0 Å². The summed E-state index contributed by atoms with van der Waals surface area (Å²) >= 11 is 0. The molecule has 0 saturated heterocycles. The summed E-state index contributed by atoms with van der Waals surface area (Å²) in [6.45, 7) is 17.4. The fraction of sp³-hybridized carbons (Fsp3) is 0.870. The van der Waals surface area contributed by atoms with Crippen LogP contribution < -0.4 is 0 Å². The van der Waals surface area contributed by atoms with Crippen molar-refractivity contribution < 1.29 is 33.3 Å². The minimum atomic E-state index is -0.705. The van der Waals surface area contributed by atoms with Crippen LogP contribution in [-0.4, -0.2) is 78.7 Å². The molecule has 0 radical (unpaired) electrons. The molecule has 32 heavy (non-hydrogen) atoms. The van der Waals surface area contributed by atoms with Crippen molar-refractivity contribution in [2.24, 2.45) is 0 Å². The highest BCUT2D eigenvalue weighted by atomic mass is 16.7. The van der Waals surface area contributed by atoms with Gasteiger partial charge in [0.1, 0.15) is 11.2 Å². The summed E-state index contributed by atoms with van der Waals surface area (Å²) in [5.41, 5.74) is -1.05. The van der Waals surface area contributed by atoms with Crippen LogP contribution in [0.4, 0.5) is 14.4 Å². The molecule has 0 aliphatic carbocycles. The van der Waals surface area contributed by atoms with Gasteiger partial charge in [0.25, 0.3) is 0 Å². The third-order valence-electron chi connectivity index (χ3n) is 4.15. The summed E-state index contributed by atoms with van der Waals surface area (Å²) in [6.07, 6.45) is 1.24. The molecule has 2 amide bonds. The molecule has 188 valence electrons. The summed E-state index contributed by atoms with van der Waals surface area (Å²) in [4.78, 5) is 39.0. The molecular formula is C23H44N2O7. The highest BCUT2D eigenvalue weighted by Gasteiger charge is 2.21. The van der Waals surface area contributed by atoms with Crippen molar-refractivity contribution >= 4 is 18.3 Å². The van der Waals surface area contributed by atoms with Gasteiger partial charge in [-0.1, -0.05) is 0 Å². The molecular weight excluding hydrogens is 416 g/mol. The first-order chi connectivity index (χ1) is 14.8. The summed E-state index contributed by atoms with van der Waals surface area (Å²) < 4.78 is 20.8. The van der Waals surface area contributed by atoms with Crippen LogP contribution in [0.2, 0.25) is 0 Å². The molecule has 0 atom stereocenters. The molecule has 9 nitrogen and oxygen atoms in total. The first-order valence-corrected chi connectivity index (χ1v) is 11.5. The number of carbonyl (C=O) groups is 3. The number of nitrogens with zero attached hydrogens (tertiary/aromatic N) is 2. The van der Waals surface area contributed by atoms with Gasteiger partial charge in [0.2, 0.25) is 0 Å². The molecule has 0 aromatic rings. The molecule has 0 aliphatic heterocycles. The Hall–Kier alpha value is -2.19. The van der Waals surface area contributed by atoms with Crippen molar-refractivity contribution in [1.82, 2.24) is 9.80 Å². The van der Waals surface area contributed by atoms with Crippen LogP contribution in [0.1, 0.15) is 81.1 Å². The smallest absolute Gasteiger partial charge is 0.444 e. The predicted octanol–water partition coefficient (Wildman–Crippen LogP) is 5.21. The van der Waals surface area contributed by atoms with E-state index in [1.54, 1.807) is 9.80 Å². The van der Waals surface area contributed by atoms with Crippen LogP contribution in [0.3, 0.4) is 0 Å². The Kier molecular flexibility index (Phi) is 13.8. The van der Waals surface area contributed by atoms with E-state index in [0.29, 0.717) is 51.9 Å². The van der Waals surface area contributed by atoms with Gasteiger partial charge in [0.05, 0.1) is 13.2 Å². The number of ether oxygens (including phenoxy) is 4. The number of carbonyl (C=O) groups excluding carboxylic acids is 3. The number of rotatable bonds is 12. The van der Waals surface area contributed by atoms with Crippen LogP contribution in [0.15, 0.2) is 0 Å². The Morgan fingerprint density at radius 2 is 0.969 bits per heavy atom. The van der Waals surface area contributed by atoms with Crippen molar-refractivity contribution in [3.8, 4) is 0 Å². The molecule has 0 fully saturated rings. The van der Waals surface area contributed by atoms with Crippen molar-refractivity contribution in [3.05, 3.63) is 0 Å². The Bertz CT molecular complexity index is 520. The van der Waals surface area contributed by atoms with Gasteiger partial charge in [-0.25, -0.2) is 14.4 Å². The fourth-order valence-electron chi connectivity index (χ4n) is 2.57. The van der Waals surface area contributed by atoms with Crippen LogP contribution in [0, 0.1) is 0 Å². The summed E-state index contributed by atoms with van der Waals surface area (Å²) in [6, 6.07) is 0. The third kappa shape index (κ3) is 15.6. The van der Waals surface area contributed by atoms with Crippen molar-refractivity contribution in [2.75, 3.05) is 39.4 Å². The predicted molar refractivity (Wildman–Crippen MR) is 123 cm³/mol. The Morgan fingerprint density at radius 3 is 1.25 bits per heavy atom. The van der Waals surface area contributed by atoms with E-state index in [1.165, 1.54) is 0 Å². The zero-order valence-electron chi connectivity index (χ0n) is 21.3. The van der Waals surface area contributed by atoms with E-state index in [9.17, 15) is 14.4 Å². The van der Waals surface area contributed by atoms with Crippen molar-refractivity contribution in [2.45, 2.75) is 92.3 Å². The van der Waals surface area contributed by atoms with Crippen molar-refractivity contribution in [3.63, 3.8) is 0 Å². The zero-order valence-corrected chi connectivity index (χ0v) is 21.3. The molecule has 0 aromatic carbocycles. The average Bonchev–Trinajstić information content (AvgIpc) is 2.64. The van der Waals surface area contributed by atoms with Gasteiger partial charge in [0, 0.05) is 26.2 Å². The number of amides is 2. The standard InChI is InChI=1S/C23H44N2O7/c1-9-24(19(26)31-22(3,4)5)15-11-13-17-29-21(28)30-18-14-12-16-25(10-2)20(27)32-23(6,7)8/h9-18H2,1-8H3. The van der Waals surface area contributed by atoms with E-state index in [0.717, 1.165) is 0 Å². The summed E-state index contributed by atoms with van der Waals surface area (Å²) in [5.74, 6) is 0. The lowest BCUT2D eigenvalue weighted by Crippen LogP contribution is -2.37. The van der Waals surface area contributed by atoms with Gasteiger partial charge in [-0.3, -0.25) is 0 Å². The van der Waals surface area contributed by atoms with Gasteiger partial charge in [-0.05, 0) is 81.1 Å². The maximum Gasteiger partial charge on any atom is 0.508 e. The third-order valence-corrected chi connectivity index (χ3v) is 4.15. The summed E-state index contributed by atoms with van der Waals surface area (Å²) in [5, 5.41) is 0. The lowest BCUT2D eigenvalue weighted by atomic mass is 10.2. The van der Waals surface area contributed by atoms with Crippen LogP contribution in [0.5, 0.6) is 0 Å². The zero-order chi connectivity index (χ0) is 24.8. The molecule has 0 bridgehead atoms. The Labute approximate surface area is 193 Å². The topological polar surface area (TPSA) is 94.6 Å². The molecule has 0 saturated carbocycles. The minimum absolute atomic E-state index is 0.229. The first kappa shape index (κ1) is 29.8. The van der Waals surface area contributed by atoms with E-state index < -0.39 is 17.4 Å². The van der Waals surface area contributed by atoms with Gasteiger partial charge < -0.3 is 28.7 Å². The number of unbranched alkanes of at least 4 members (excludes halogenated alkanes) is 2. The quantitative estimate of drug-likeness (QED) is 0.224. The monoisotopic (exact) mass is 460 g/mol. The van der Waals surface area contributed by atoms with Crippen LogP contribution >= 0.6 is 0 Å². The fourth-order valence-corrected chi connectivity index (χ4v) is 2.57. The highest BCUT2D eigenvalue weighted by Crippen LogP contribution is 2.11. The van der Waals surface area contributed by atoms with Gasteiger partial charge in [0.15, 0.2) is 0 Å². The molecule has 9 heteroatoms. The second-order valence-electron chi connectivity index (χ2n) is 9.48. The van der Waals surface area contributed by atoms with Gasteiger partial charge in [-0.2, -0.15) is 0 Å². The molecule has 0 aliphatic rings. The van der Waals surface area contributed by atoms with E-state index in [4.69, 9.17) is 18.9 Å². The second-order valence-corrected chi connectivity index (χ2v) is 9.48. The minimum Gasteiger partial charge on any atom is -0.444 e. The first-order valence-electron chi connectivity index (χ1n) is 11.5. The maximum absolute atomic E-state index is 12.1. The van der Waals surface area contributed by atoms with Crippen LogP contribution in [-0.2, 0) is 18.9 Å². The normalized spacial score (nSPS) is 11.5. The molecule has 0 unspecified atom stereocenters. The SMILES string of the molecule is CCN(CCCCOC(=O)OCCCCN(CC)C(=O)OC(C)(C)C)C(=O)OC(C)(C)C. The molecule has 0 N–H and O–H groups in total. The average molecular weight is 461 g/mol. The van der Waals surface area contributed by atoms with Gasteiger partial charge >= 0.3 is 18.3 Å². The Morgan fingerprint density at radius 1 is 0.625 bits per heavy atom. The van der Waals surface area contributed by atoms with Crippen molar-refractivity contribution in [1.29, 1.82) is 0 Å².